The molecule has 2 rings (SSSR count). The molecule has 4 heteroatoms. The molecule has 98 valence electrons. The normalized spacial score (nSPS) is 10.2. The van der Waals surface area contributed by atoms with Gasteiger partial charge in [0.25, 0.3) is 0 Å². The number of aromatic nitrogens is 1. The molecule has 1 aromatic carbocycles. The maximum atomic E-state index is 5.58. The van der Waals surface area contributed by atoms with Gasteiger partial charge in [0, 0.05) is 18.4 Å². The van der Waals surface area contributed by atoms with Crippen molar-refractivity contribution < 1.29 is 0 Å². The van der Waals surface area contributed by atoms with E-state index in [1.807, 2.05) is 12.1 Å². The van der Waals surface area contributed by atoms with E-state index in [-0.39, 0.29) is 0 Å². The first kappa shape index (κ1) is 13.5. The van der Waals surface area contributed by atoms with Crippen LogP contribution in [-0.2, 0) is 13.0 Å². The number of rotatable bonds is 5. The minimum absolute atomic E-state index is 0.317. The number of aryl methyl sites for hydroxylation is 1. The van der Waals surface area contributed by atoms with Crippen molar-refractivity contribution >= 4 is 22.9 Å². The SMILES string of the molecule is CCc1ccccc1CNc1ccnc(C(N)=S)c1. The first-order chi connectivity index (χ1) is 9.20. The summed E-state index contributed by atoms with van der Waals surface area (Å²) in [5.74, 6) is 0. The van der Waals surface area contributed by atoms with Gasteiger partial charge in [-0.05, 0) is 29.7 Å². The van der Waals surface area contributed by atoms with E-state index in [0.717, 1.165) is 18.7 Å². The fraction of sp³-hybridized carbons (Fsp3) is 0.200. The van der Waals surface area contributed by atoms with E-state index in [1.165, 1.54) is 11.1 Å². The molecule has 0 aliphatic rings. The number of nitrogens with one attached hydrogen (secondary N) is 1. The molecule has 0 fully saturated rings. The number of nitrogens with zero attached hydrogens (tertiary/aromatic N) is 1. The zero-order valence-corrected chi connectivity index (χ0v) is 11.7. The van der Waals surface area contributed by atoms with Crippen molar-refractivity contribution in [2.45, 2.75) is 19.9 Å². The second-order valence-corrected chi connectivity index (χ2v) is 4.71. The average Bonchev–Trinajstić information content (AvgIpc) is 2.45. The smallest absolute Gasteiger partial charge is 0.122 e. The molecular weight excluding hydrogens is 254 g/mol. The molecule has 1 aromatic heterocycles. The summed E-state index contributed by atoms with van der Waals surface area (Å²) in [6.07, 6.45) is 2.74. The Kier molecular flexibility index (Phi) is 4.47. The van der Waals surface area contributed by atoms with Gasteiger partial charge in [0.2, 0.25) is 0 Å². The monoisotopic (exact) mass is 271 g/mol. The van der Waals surface area contributed by atoms with E-state index in [2.05, 4.69) is 41.5 Å². The molecule has 0 bridgehead atoms. The summed E-state index contributed by atoms with van der Waals surface area (Å²) in [5.41, 5.74) is 9.86. The summed E-state index contributed by atoms with van der Waals surface area (Å²) in [6.45, 7) is 2.95. The standard InChI is InChI=1S/C15H17N3S/c1-2-11-5-3-4-6-12(11)10-18-13-7-8-17-14(9-13)15(16)19/h3-9H,2,10H2,1H3,(H2,16,19)(H,17,18). The van der Waals surface area contributed by atoms with Gasteiger partial charge in [-0.2, -0.15) is 0 Å². The molecule has 3 nitrogen and oxygen atoms in total. The lowest BCUT2D eigenvalue weighted by Gasteiger charge is -2.10. The highest BCUT2D eigenvalue weighted by atomic mass is 32.1. The Hall–Kier alpha value is -1.94. The highest BCUT2D eigenvalue weighted by molar-refractivity contribution is 7.80. The predicted octanol–water partition coefficient (Wildman–Crippen LogP) is 2.89. The number of anilines is 1. The number of hydrogen-bond donors (Lipinski definition) is 2. The predicted molar refractivity (Wildman–Crippen MR) is 83.3 cm³/mol. The average molecular weight is 271 g/mol. The highest BCUT2D eigenvalue weighted by Gasteiger charge is 2.02. The summed E-state index contributed by atoms with van der Waals surface area (Å²) in [6, 6.07) is 12.2. The molecule has 0 radical (unpaired) electrons. The zero-order valence-electron chi connectivity index (χ0n) is 10.9. The van der Waals surface area contributed by atoms with Gasteiger partial charge in [0.05, 0.1) is 5.69 Å². The third-order valence-electron chi connectivity index (χ3n) is 2.99. The zero-order chi connectivity index (χ0) is 13.7. The molecule has 0 unspecified atom stereocenters. The number of thiocarbonyl (C=S) groups is 1. The molecular formula is C15H17N3S. The van der Waals surface area contributed by atoms with Crippen LogP contribution in [0.5, 0.6) is 0 Å². The first-order valence-corrected chi connectivity index (χ1v) is 6.68. The van der Waals surface area contributed by atoms with Gasteiger partial charge in [0.1, 0.15) is 4.99 Å². The minimum atomic E-state index is 0.317. The number of nitrogens with two attached hydrogens (primary N) is 1. The Labute approximate surface area is 118 Å². The van der Waals surface area contributed by atoms with Crippen LogP contribution in [0.15, 0.2) is 42.6 Å². The van der Waals surface area contributed by atoms with Gasteiger partial charge in [0.15, 0.2) is 0 Å². The molecule has 19 heavy (non-hydrogen) atoms. The lowest BCUT2D eigenvalue weighted by atomic mass is 10.1. The number of benzene rings is 1. The van der Waals surface area contributed by atoms with E-state index in [1.54, 1.807) is 6.20 Å². The molecule has 0 spiro atoms. The molecule has 0 saturated carbocycles. The van der Waals surface area contributed by atoms with Crippen molar-refractivity contribution in [3.8, 4) is 0 Å². The van der Waals surface area contributed by atoms with Crippen molar-refractivity contribution in [3.63, 3.8) is 0 Å². The van der Waals surface area contributed by atoms with Crippen LogP contribution in [0.25, 0.3) is 0 Å². The lowest BCUT2D eigenvalue weighted by Crippen LogP contribution is -2.12. The topological polar surface area (TPSA) is 50.9 Å². The Bertz CT molecular complexity index is 581. The maximum absolute atomic E-state index is 5.58. The molecule has 1 heterocycles. The quantitative estimate of drug-likeness (QED) is 0.821. The highest BCUT2D eigenvalue weighted by Crippen LogP contribution is 2.13. The molecule has 3 N–H and O–H groups in total. The van der Waals surface area contributed by atoms with Crippen LogP contribution in [0.4, 0.5) is 5.69 Å². The lowest BCUT2D eigenvalue weighted by molar-refractivity contribution is 1.04. The van der Waals surface area contributed by atoms with Crippen molar-refractivity contribution in [1.29, 1.82) is 0 Å². The first-order valence-electron chi connectivity index (χ1n) is 6.27. The molecule has 0 aliphatic carbocycles. The van der Waals surface area contributed by atoms with Crippen LogP contribution in [-0.4, -0.2) is 9.97 Å². The van der Waals surface area contributed by atoms with Gasteiger partial charge < -0.3 is 11.1 Å². The summed E-state index contributed by atoms with van der Waals surface area (Å²) in [7, 11) is 0. The van der Waals surface area contributed by atoms with E-state index < -0.39 is 0 Å². The van der Waals surface area contributed by atoms with Crippen molar-refractivity contribution in [3.05, 3.63) is 59.4 Å². The van der Waals surface area contributed by atoms with Crippen LogP contribution in [0.3, 0.4) is 0 Å². The van der Waals surface area contributed by atoms with Gasteiger partial charge >= 0.3 is 0 Å². The van der Waals surface area contributed by atoms with Gasteiger partial charge in [-0.15, -0.1) is 0 Å². The summed E-state index contributed by atoms with van der Waals surface area (Å²) >= 11 is 4.93. The van der Waals surface area contributed by atoms with E-state index >= 15 is 0 Å². The fourth-order valence-electron chi connectivity index (χ4n) is 1.95. The van der Waals surface area contributed by atoms with E-state index in [0.29, 0.717) is 10.7 Å². The van der Waals surface area contributed by atoms with Crippen LogP contribution >= 0.6 is 12.2 Å². The third kappa shape index (κ3) is 3.51. The summed E-state index contributed by atoms with van der Waals surface area (Å²) < 4.78 is 0. The second kappa shape index (κ2) is 6.29. The van der Waals surface area contributed by atoms with Crippen molar-refractivity contribution in [2.75, 3.05) is 5.32 Å². The van der Waals surface area contributed by atoms with Gasteiger partial charge in [-0.1, -0.05) is 43.4 Å². The van der Waals surface area contributed by atoms with Crippen LogP contribution < -0.4 is 11.1 Å². The Balaban J connectivity index is 2.10. The number of hydrogen-bond acceptors (Lipinski definition) is 3. The third-order valence-corrected chi connectivity index (χ3v) is 3.20. The molecule has 2 aromatic rings. The largest absolute Gasteiger partial charge is 0.388 e. The second-order valence-electron chi connectivity index (χ2n) is 4.27. The molecule has 0 saturated heterocycles. The van der Waals surface area contributed by atoms with Gasteiger partial charge in [-0.25, -0.2) is 0 Å². The van der Waals surface area contributed by atoms with Crippen molar-refractivity contribution in [1.82, 2.24) is 4.98 Å². The minimum Gasteiger partial charge on any atom is -0.388 e. The Morgan fingerprint density at radius 1 is 1.26 bits per heavy atom. The van der Waals surface area contributed by atoms with E-state index in [9.17, 15) is 0 Å². The molecule has 0 atom stereocenters. The molecule has 0 amide bonds. The van der Waals surface area contributed by atoms with Crippen LogP contribution in [0.2, 0.25) is 0 Å². The van der Waals surface area contributed by atoms with E-state index in [4.69, 9.17) is 18.0 Å². The van der Waals surface area contributed by atoms with Crippen molar-refractivity contribution in [2.24, 2.45) is 5.73 Å². The Morgan fingerprint density at radius 2 is 2.00 bits per heavy atom. The van der Waals surface area contributed by atoms with Crippen LogP contribution in [0.1, 0.15) is 23.7 Å². The van der Waals surface area contributed by atoms with Gasteiger partial charge in [-0.3, -0.25) is 4.98 Å². The Morgan fingerprint density at radius 3 is 2.68 bits per heavy atom. The maximum Gasteiger partial charge on any atom is 0.122 e. The number of pyridine rings is 1. The summed E-state index contributed by atoms with van der Waals surface area (Å²) in [5, 5.41) is 3.38. The molecule has 0 aliphatic heterocycles. The fourth-order valence-corrected chi connectivity index (χ4v) is 2.06. The summed E-state index contributed by atoms with van der Waals surface area (Å²) in [4.78, 5) is 4.44. The van der Waals surface area contributed by atoms with Crippen LogP contribution in [0, 0.1) is 0 Å².